The lowest BCUT2D eigenvalue weighted by atomic mass is 10.4. The third-order valence-electron chi connectivity index (χ3n) is 2.93. The molecule has 18 heavy (non-hydrogen) atoms. The molecule has 0 bridgehead atoms. The van der Waals surface area contributed by atoms with Gasteiger partial charge in [0.05, 0.1) is 0 Å². The molecule has 0 atom stereocenters. The minimum absolute atomic E-state index is 0.409. The lowest BCUT2D eigenvalue weighted by Crippen LogP contribution is -2.19. The highest BCUT2D eigenvalue weighted by Gasteiger charge is 2.09. The molecule has 1 heteroatoms. The first-order valence-corrected chi connectivity index (χ1v) is 7.41. The topological polar surface area (TPSA) is 0 Å². The highest BCUT2D eigenvalue weighted by molar-refractivity contribution is 7.79. The van der Waals surface area contributed by atoms with Crippen LogP contribution in [0.5, 0.6) is 0 Å². The molecule has 0 aliphatic heterocycles. The molecule has 3 aromatic carbocycles. The van der Waals surface area contributed by atoms with Crippen LogP contribution in [0.3, 0.4) is 0 Å². The standard InChI is InChI=1S/C17H14P/c1-3-9-15(10-4-1)18(17-13-7-8-14-17)16-11-5-2-6-12-16/h1-14H/q-1. The molecule has 0 spiro atoms. The summed E-state index contributed by atoms with van der Waals surface area (Å²) >= 11 is 0. The van der Waals surface area contributed by atoms with Gasteiger partial charge in [-0.1, -0.05) is 68.6 Å². The molecule has 0 aromatic heterocycles. The largest absolute Gasteiger partial charge is 0.206 e. The Bertz CT molecular complexity index is 543. The van der Waals surface area contributed by atoms with E-state index >= 15 is 0 Å². The van der Waals surface area contributed by atoms with Crippen molar-refractivity contribution in [2.45, 2.75) is 0 Å². The van der Waals surface area contributed by atoms with E-state index in [1.807, 2.05) is 0 Å². The van der Waals surface area contributed by atoms with E-state index in [4.69, 9.17) is 0 Å². The molecular formula is C17H14P-. The monoisotopic (exact) mass is 249 g/mol. The molecule has 0 aliphatic carbocycles. The zero-order valence-corrected chi connectivity index (χ0v) is 10.9. The minimum Gasteiger partial charge on any atom is -0.206 e. The number of benzene rings is 2. The van der Waals surface area contributed by atoms with Gasteiger partial charge in [-0.05, 0) is 10.6 Å². The Kier molecular flexibility index (Phi) is 3.30. The normalized spacial score (nSPS) is 10.7. The Morgan fingerprint density at radius 1 is 0.611 bits per heavy atom. The van der Waals surface area contributed by atoms with Gasteiger partial charge in [-0.25, -0.2) is 6.07 Å². The van der Waals surface area contributed by atoms with Crippen LogP contribution in [-0.4, -0.2) is 0 Å². The Labute approximate surface area is 109 Å². The van der Waals surface area contributed by atoms with E-state index in [9.17, 15) is 0 Å². The third-order valence-corrected chi connectivity index (χ3v) is 5.38. The summed E-state index contributed by atoms with van der Waals surface area (Å²) < 4.78 is 0. The van der Waals surface area contributed by atoms with Crippen LogP contribution in [0.4, 0.5) is 0 Å². The van der Waals surface area contributed by atoms with E-state index in [1.165, 1.54) is 15.9 Å². The molecule has 0 nitrogen and oxygen atoms in total. The molecule has 3 rings (SSSR count). The summed E-state index contributed by atoms with van der Waals surface area (Å²) in [7, 11) is -0.409. The van der Waals surface area contributed by atoms with Gasteiger partial charge >= 0.3 is 0 Å². The van der Waals surface area contributed by atoms with Gasteiger partial charge in [-0.2, -0.15) is 23.5 Å². The maximum atomic E-state index is 2.23. The summed E-state index contributed by atoms with van der Waals surface area (Å²) in [6.07, 6.45) is 0. The van der Waals surface area contributed by atoms with Crippen molar-refractivity contribution < 1.29 is 0 Å². The van der Waals surface area contributed by atoms with E-state index in [2.05, 4.69) is 84.9 Å². The molecule has 0 N–H and O–H groups in total. The van der Waals surface area contributed by atoms with Crippen molar-refractivity contribution in [2.75, 3.05) is 0 Å². The van der Waals surface area contributed by atoms with Crippen molar-refractivity contribution in [2.24, 2.45) is 0 Å². The lowest BCUT2D eigenvalue weighted by Gasteiger charge is -2.23. The van der Waals surface area contributed by atoms with Crippen molar-refractivity contribution in [3.05, 3.63) is 84.9 Å². The van der Waals surface area contributed by atoms with Gasteiger partial charge < -0.3 is 0 Å². The van der Waals surface area contributed by atoms with E-state index in [0.717, 1.165) is 0 Å². The fraction of sp³-hybridized carbons (Fsp3) is 0. The van der Waals surface area contributed by atoms with Gasteiger partial charge in [-0.15, -0.1) is 0 Å². The Morgan fingerprint density at radius 3 is 1.61 bits per heavy atom. The first-order chi connectivity index (χ1) is 8.95. The Balaban J connectivity index is 2.11. The van der Waals surface area contributed by atoms with Crippen LogP contribution < -0.4 is 15.9 Å². The molecular weight excluding hydrogens is 235 g/mol. The number of hydrogen-bond acceptors (Lipinski definition) is 0. The summed E-state index contributed by atoms with van der Waals surface area (Å²) in [6, 6.07) is 30.2. The second-order valence-corrected chi connectivity index (χ2v) is 6.37. The first-order valence-electron chi connectivity index (χ1n) is 6.07. The summed E-state index contributed by atoms with van der Waals surface area (Å²) in [5.74, 6) is 0. The number of rotatable bonds is 3. The fourth-order valence-corrected chi connectivity index (χ4v) is 4.42. The first kappa shape index (κ1) is 11.3. The van der Waals surface area contributed by atoms with E-state index < -0.39 is 7.92 Å². The van der Waals surface area contributed by atoms with Gasteiger partial charge in [-0.3, -0.25) is 0 Å². The Morgan fingerprint density at radius 2 is 1.17 bits per heavy atom. The third kappa shape index (κ3) is 2.25. The van der Waals surface area contributed by atoms with Crippen molar-refractivity contribution in [3.63, 3.8) is 0 Å². The average Bonchev–Trinajstić information content (AvgIpc) is 2.95. The van der Waals surface area contributed by atoms with Gasteiger partial charge in [0.15, 0.2) is 0 Å². The molecule has 0 radical (unpaired) electrons. The SMILES string of the molecule is c1ccc(P(c2ccccc2)c2cc[cH-]c2)cc1. The van der Waals surface area contributed by atoms with Crippen molar-refractivity contribution >= 4 is 23.8 Å². The second-order valence-electron chi connectivity index (χ2n) is 4.15. The molecule has 0 amide bonds. The molecule has 88 valence electrons. The van der Waals surface area contributed by atoms with Crippen molar-refractivity contribution in [3.8, 4) is 0 Å². The van der Waals surface area contributed by atoms with Crippen molar-refractivity contribution in [1.82, 2.24) is 0 Å². The quantitative estimate of drug-likeness (QED) is 0.494. The molecule has 0 saturated heterocycles. The predicted octanol–water partition coefficient (Wildman–Crippen LogP) is 3.16. The van der Waals surface area contributed by atoms with Gasteiger partial charge in [0, 0.05) is 0 Å². The van der Waals surface area contributed by atoms with E-state index in [1.54, 1.807) is 0 Å². The van der Waals surface area contributed by atoms with Crippen LogP contribution in [0.1, 0.15) is 0 Å². The highest BCUT2D eigenvalue weighted by Crippen LogP contribution is 2.32. The van der Waals surface area contributed by atoms with Crippen molar-refractivity contribution in [1.29, 1.82) is 0 Å². The summed E-state index contributed by atoms with van der Waals surface area (Å²) in [6.45, 7) is 0. The zero-order chi connectivity index (χ0) is 12.2. The van der Waals surface area contributed by atoms with Gasteiger partial charge in [0.1, 0.15) is 0 Å². The smallest absolute Gasteiger partial charge is 0.0278 e. The van der Waals surface area contributed by atoms with E-state index in [0.29, 0.717) is 0 Å². The predicted molar refractivity (Wildman–Crippen MR) is 80.7 cm³/mol. The van der Waals surface area contributed by atoms with Gasteiger partial charge in [0.25, 0.3) is 0 Å². The second kappa shape index (κ2) is 5.25. The Hall–Kier alpha value is -1.78. The maximum Gasteiger partial charge on any atom is -0.0278 e. The summed E-state index contributed by atoms with van der Waals surface area (Å²) in [4.78, 5) is 0. The van der Waals surface area contributed by atoms with Crippen LogP contribution in [0, 0.1) is 0 Å². The van der Waals surface area contributed by atoms with Crippen LogP contribution in [-0.2, 0) is 0 Å². The fourth-order valence-electron chi connectivity index (χ4n) is 2.11. The van der Waals surface area contributed by atoms with Crippen LogP contribution in [0.15, 0.2) is 84.9 Å². The van der Waals surface area contributed by atoms with Crippen LogP contribution in [0.25, 0.3) is 0 Å². The van der Waals surface area contributed by atoms with Crippen LogP contribution in [0.2, 0.25) is 0 Å². The van der Waals surface area contributed by atoms with Gasteiger partial charge in [0.2, 0.25) is 0 Å². The average molecular weight is 249 g/mol. The lowest BCUT2D eigenvalue weighted by molar-refractivity contribution is 1.75. The summed E-state index contributed by atoms with van der Waals surface area (Å²) in [5, 5.41) is 4.23. The molecule has 0 fully saturated rings. The molecule has 0 aliphatic rings. The highest BCUT2D eigenvalue weighted by atomic mass is 31.1. The molecule has 0 heterocycles. The molecule has 3 aromatic rings. The van der Waals surface area contributed by atoms with E-state index in [-0.39, 0.29) is 0 Å². The molecule has 0 saturated carbocycles. The number of hydrogen-bond donors (Lipinski definition) is 0. The zero-order valence-electron chi connectivity index (χ0n) is 10.0. The van der Waals surface area contributed by atoms with Crippen LogP contribution >= 0.6 is 7.92 Å². The summed E-state index contributed by atoms with van der Waals surface area (Å²) in [5.41, 5.74) is 0. The maximum absolute atomic E-state index is 2.23. The minimum atomic E-state index is -0.409. The molecule has 0 unspecified atom stereocenters.